The molecule has 3 aromatic heterocycles. The molecule has 6 aromatic carbocycles. The molecule has 0 N–H and O–H groups in total. The molecule has 0 saturated heterocycles. The van der Waals surface area contributed by atoms with Crippen LogP contribution in [0.1, 0.15) is 96.7 Å². The Morgan fingerprint density at radius 3 is 2.12 bits per heavy atom. The summed E-state index contributed by atoms with van der Waals surface area (Å²) in [6.45, 7) is 7.58. The summed E-state index contributed by atoms with van der Waals surface area (Å²) in [7, 11) is 0. The van der Waals surface area contributed by atoms with Crippen molar-refractivity contribution < 1.29 is 34.1 Å². The standard InChI is InChI=1S/C38H33N2O.C15H16N.Ir/c1-23(2)28-14-11-15-29(24(3)4)36(28)40-33-17-10-9-16-32(33)39-38(40)31-20-18-25(5)35-30-21-19-27(22-34(30)41-37(31)35)26-12-7-6-8-13-26;1-11(2)14-9-15(16-10-12(14)3)13-7-5-4-6-8-13;/h6-19,21-24H,1-5H3;4-7,9-11H,1-3H3;/q2*-1;/i5D3;3D3,11D;. The van der Waals surface area contributed by atoms with Crippen LogP contribution in [0.2, 0.25) is 0 Å². The number of rotatable bonds is 7. The summed E-state index contributed by atoms with van der Waals surface area (Å²) in [4.78, 5) is 9.38. The third-order valence-electron chi connectivity index (χ3n) is 10.4. The number of furan rings is 1. The number of fused-ring (bicyclic) bond motifs is 4. The number of nitrogens with zero attached hydrogens (tertiary/aromatic N) is 3. The number of imidazole rings is 1. The van der Waals surface area contributed by atoms with Crippen molar-refractivity contribution in [1.29, 1.82) is 0 Å². The first-order valence-corrected chi connectivity index (χ1v) is 19.4. The van der Waals surface area contributed by atoms with E-state index in [9.17, 15) is 0 Å². The molecule has 0 fully saturated rings. The summed E-state index contributed by atoms with van der Waals surface area (Å²) in [6.07, 6.45) is 1.36. The minimum atomic E-state index is -2.35. The second kappa shape index (κ2) is 17.1. The summed E-state index contributed by atoms with van der Waals surface area (Å²) < 4.78 is 64.9. The van der Waals surface area contributed by atoms with Crippen LogP contribution in [-0.2, 0) is 20.1 Å². The SMILES string of the molecule is [2H]C([2H])([2H])c1c[c-]c(-c2nc3ccccc3n2-c2c(C(C)C)cccc2C(C)C)c2oc3cc(-c4ccccc4)ccc3c12.[2H]C([2H])([2H])c1cnc(-c2[c-]cccc2)cc1C([2H])(C)C.[Ir]. The van der Waals surface area contributed by atoms with Crippen LogP contribution in [0.5, 0.6) is 0 Å². The van der Waals surface area contributed by atoms with Crippen molar-refractivity contribution >= 4 is 33.0 Å². The number of aromatic nitrogens is 3. The molecule has 4 nitrogen and oxygen atoms in total. The molecule has 0 unspecified atom stereocenters. The van der Waals surface area contributed by atoms with Gasteiger partial charge in [-0.2, -0.15) is 0 Å². The van der Waals surface area contributed by atoms with E-state index in [0.29, 0.717) is 39.2 Å². The van der Waals surface area contributed by atoms with Gasteiger partial charge in [0.15, 0.2) is 0 Å². The van der Waals surface area contributed by atoms with Crippen LogP contribution >= 0.6 is 0 Å². The van der Waals surface area contributed by atoms with Crippen LogP contribution in [0.25, 0.3) is 72.4 Å². The van der Waals surface area contributed by atoms with E-state index in [4.69, 9.17) is 19.0 Å². The topological polar surface area (TPSA) is 43.9 Å². The Hall–Kier alpha value is -5.61. The fourth-order valence-corrected chi connectivity index (χ4v) is 7.56. The molecule has 0 aliphatic carbocycles. The van der Waals surface area contributed by atoms with Crippen molar-refractivity contribution in [3.63, 3.8) is 0 Å². The van der Waals surface area contributed by atoms with Crippen LogP contribution in [0.15, 0.2) is 138 Å². The normalized spacial score (nSPS) is 13.8. The third kappa shape index (κ3) is 7.69. The minimum absolute atomic E-state index is 0. The molecule has 0 aliphatic rings. The smallest absolute Gasteiger partial charge is 0.121 e. The number of pyridine rings is 1. The van der Waals surface area contributed by atoms with Crippen molar-refractivity contribution in [2.45, 2.75) is 73.0 Å². The molecule has 0 spiro atoms. The van der Waals surface area contributed by atoms with Gasteiger partial charge in [0.2, 0.25) is 0 Å². The monoisotopic (exact) mass is 943 g/mol. The maximum absolute atomic E-state index is 8.39. The molecule has 0 amide bonds. The molecule has 58 heavy (non-hydrogen) atoms. The molecular formula is C53H49IrN3O-2. The van der Waals surface area contributed by atoms with Crippen molar-refractivity contribution in [1.82, 2.24) is 14.5 Å². The molecule has 293 valence electrons. The molecule has 9 rings (SSSR count). The quantitative estimate of drug-likeness (QED) is 0.150. The minimum Gasteiger partial charge on any atom is -0.501 e. The van der Waals surface area contributed by atoms with Gasteiger partial charge in [0.1, 0.15) is 5.58 Å². The molecule has 0 saturated carbocycles. The van der Waals surface area contributed by atoms with E-state index in [2.05, 4.69) is 85.8 Å². The second-order valence-electron chi connectivity index (χ2n) is 15.2. The van der Waals surface area contributed by atoms with Crippen LogP contribution in [-0.4, -0.2) is 14.5 Å². The fourth-order valence-electron chi connectivity index (χ4n) is 7.56. The maximum Gasteiger partial charge on any atom is 0.121 e. The van der Waals surface area contributed by atoms with Gasteiger partial charge in [0, 0.05) is 47.0 Å². The summed E-state index contributed by atoms with van der Waals surface area (Å²) in [5.74, 6) is 0.200. The van der Waals surface area contributed by atoms with Gasteiger partial charge in [0.05, 0.1) is 22.4 Å². The average Bonchev–Trinajstić information content (AvgIpc) is 3.84. The van der Waals surface area contributed by atoms with Gasteiger partial charge in [0.25, 0.3) is 0 Å². The number of hydrogen-bond acceptors (Lipinski definition) is 3. The van der Waals surface area contributed by atoms with E-state index in [1.807, 2.05) is 72.8 Å². The Bertz CT molecular complexity index is 3100. The predicted molar refractivity (Wildman–Crippen MR) is 238 cm³/mol. The van der Waals surface area contributed by atoms with Crippen molar-refractivity contribution in [3.05, 3.63) is 174 Å². The first-order valence-electron chi connectivity index (χ1n) is 22.9. The first kappa shape index (κ1) is 32.4. The van der Waals surface area contributed by atoms with Gasteiger partial charge >= 0.3 is 0 Å². The van der Waals surface area contributed by atoms with Crippen LogP contribution in [0, 0.1) is 25.8 Å². The molecular weight excluding hydrogens is 887 g/mol. The Balaban J connectivity index is 0.000000253. The molecule has 1 radical (unpaired) electrons. The van der Waals surface area contributed by atoms with Crippen LogP contribution in [0.4, 0.5) is 0 Å². The van der Waals surface area contributed by atoms with E-state index in [-0.39, 0.29) is 43.1 Å². The van der Waals surface area contributed by atoms with Gasteiger partial charge in [-0.15, -0.1) is 53.6 Å². The summed E-state index contributed by atoms with van der Waals surface area (Å²) in [6, 6.07) is 47.8. The molecule has 0 bridgehead atoms. The van der Waals surface area contributed by atoms with E-state index < -0.39 is 19.6 Å². The fraction of sp³-hybridized carbons (Fsp3) is 0.208. The number of hydrogen-bond donors (Lipinski definition) is 0. The van der Waals surface area contributed by atoms with Crippen LogP contribution in [0.3, 0.4) is 0 Å². The molecule has 0 atom stereocenters. The molecule has 5 heteroatoms. The molecule has 0 aliphatic heterocycles. The zero-order valence-electron chi connectivity index (χ0n) is 40.4. The van der Waals surface area contributed by atoms with Crippen LogP contribution < -0.4 is 0 Å². The van der Waals surface area contributed by atoms with E-state index >= 15 is 0 Å². The zero-order chi connectivity index (χ0) is 45.7. The average molecular weight is 943 g/mol. The summed E-state index contributed by atoms with van der Waals surface area (Å²) >= 11 is 0. The predicted octanol–water partition coefficient (Wildman–Crippen LogP) is 14.6. The van der Waals surface area contributed by atoms with Gasteiger partial charge < -0.3 is 14.0 Å². The maximum atomic E-state index is 8.39. The van der Waals surface area contributed by atoms with Gasteiger partial charge in [-0.25, -0.2) is 0 Å². The number of aryl methyl sites for hydroxylation is 2. The van der Waals surface area contributed by atoms with Gasteiger partial charge in [-0.3, -0.25) is 4.98 Å². The molecule has 9 aromatic rings. The second-order valence-corrected chi connectivity index (χ2v) is 15.2. The Kier molecular flexibility index (Phi) is 9.53. The number of para-hydroxylation sites is 3. The van der Waals surface area contributed by atoms with Crippen molar-refractivity contribution in [3.8, 4) is 39.5 Å². The Labute approximate surface area is 366 Å². The Morgan fingerprint density at radius 1 is 0.707 bits per heavy atom. The van der Waals surface area contributed by atoms with E-state index in [1.165, 1.54) is 17.3 Å². The van der Waals surface area contributed by atoms with Crippen molar-refractivity contribution in [2.75, 3.05) is 0 Å². The summed E-state index contributed by atoms with van der Waals surface area (Å²) in [5, 5.41) is 1.34. The zero-order valence-corrected chi connectivity index (χ0v) is 35.8. The summed E-state index contributed by atoms with van der Waals surface area (Å²) in [5.41, 5.74) is 11.4. The van der Waals surface area contributed by atoms with Crippen molar-refractivity contribution in [2.24, 2.45) is 0 Å². The van der Waals surface area contributed by atoms with Gasteiger partial charge in [-0.05, 0) is 81.9 Å². The van der Waals surface area contributed by atoms with E-state index in [1.54, 1.807) is 32.0 Å². The largest absolute Gasteiger partial charge is 0.501 e. The van der Waals surface area contributed by atoms with E-state index in [0.717, 1.165) is 38.8 Å². The Morgan fingerprint density at radius 2 is 1.43 bits per heavy atom. The number of benzene rings is 6. The van der Waals surface area contributed by atoms with Gasteiger partial charge in [-0.1, -0.05) is 138 Å². The third-order valence-corrected chi connectivity index (χ3v) is 10.4. The first-order chi connectivity index (χ1) is 30.3. The molecule has 3 heterocycles.